The molecule has 0 radical (unpaired) electrons. The van der Waals surface area contributed by atoms with Gasteiger partial charge in [0, 0.05) is 19.3 Å². The third kappa shape index (κ3) is 3.72. The first-order valence-electron chi connectivity index (χ1n) is 6.92. The molecule has 0 aromatic carbocycles. The van der Waals surface area contributed by atoms with E-state index in [2.05, 4.69) is 22.1 Å². The average Bonchev–Trinajstić information content (AvgIpc) is 2.45. The normalized spacial score (nSPS) is 22.4. The van der Waals surface area contributed by atoms with Crippen LogP contribution in [0, 0.1) is 5.82 Å². The topological polar surface area (TPSA) is 37.4 Å². The van der Waals surface area contributed by atoms with Crippen LogP contribution in [0.2, 0.25) is 0 Å². The largest absolute Gasteiger partial charge is 0.374 e. The number of halogens is 1. The lowest BCUT2D eigenvalue weighted by Gasteiger charge is -2.36. The third-order valence-corrected chi connectivity index (χ3v) is 3.51. The molecule has 1 aromatic heterocycles. The minimum absolute atomic E-state index is 0.0115. The zero-order valence-electron chi connectivity index (χ0n) is 11.6. The van der Waals surface area contributed by atoms with Crippen LogP contribution in [-0.2, 0) is 4.74 Å². The Labute approximate surface area is 114 Å². The molecule has 1 N–H and O–H groups in total. The van der Waals surface area contributed by atoms with E-state index in [0.29, 0.717) is 0 Å². The number of morpholine rings is 1. The maximum absolute atomic E-state index is 13.3. The molecule has 0 amide bonds. The smallest absolute Gasteiger partial charge is 0.141 e. The van der Waals surface area contributed by atoms with E-state index in [1.165, 1.54) is 12.3 Å². The SMILES string of the molecule is CCNC(c1cncc(F)c1)C1CN(CC)CCO1. The molecule has 0 aliphatic carbocycles. The van der Waals surface area contributed by atoms with Crippen molar-refractivity contribution < 1.29 is 9.13 Å². The molecule has 1 fully saturated rings. The summed E-state index contributed by atoms with van der Waals surface area (Å²) in [5, 5.41) is 3.38. The monoisotopic (exact) mass is 267 g/mol. The number of rotatable bonds is 5. The first-order chi connectivity index (χ1) is 9.24. The number of nitrogens with zero attached hydrogens (tertiary/aromatic N) is 2. The minimum atomic E-state index is -0.302. The zero-order valence-corrected chi connectivity index (χ0v) is 11.6. The van der Waals surface area contributed by atoms with E-state index < -0.39 is 0 Å². The van der Waals surface area contributed by atoms with Crippen molar-refractivity contribution >= 4 is 0 Å². The van der Waals surface area contributed by atoms with Gasteiger partial charge in [0.25, 0.3) is 0 Å². The summed E-state index contributed by atoms with van der Waals surface area (Å²) >= 11 is 0. The van der Waals surface area contributed by atoms with E-state index in [-0.39, 0.29) is 18.0 Å². The molecule has 19 heavy (non-hydrogen) atoms. The second-order valence-electron chi connectivity index (χ2n) is 4.77. The van der Waals surface area contributed by atoms with Crippen molar-refractivity contribution in [3.05, 3.63) is 29.8 Å². The van der Waals surface area contributed by atoms with Crippen LogP contribution in [0.1, 0.15) is 25.5 Å². The van der Waals surface area contributed by atoms with Gasteiger partial charge in [0.05, 0.1) is 24.9 Å². The van der Waals surface area contributed by atoms with Crippen molar-refractivity contribution in [1.82, 2.24) is 15.2 Å². The van der Waals surface area contributed by atoms with Crippen LogP contribution in [0.4, 0.5) is 4.39 Å². The number of nitrogens with one attached hydrogen (secondary N) is 1. The highest BCUT2D eigenvalue weighted by Gasteiger charge is 2.28. The number of pyridine rings is 1. The predicted octanol–water partition coefficient (Wildman–Crippen LogP) is 1.59. The van der Waals surface area contributed by atoms with Gasteiger partial charge in [-0.1, -0.05) is 13.8 Å². The van der Waals surface area contributed by atoms with Crippen LogP contribution < -0.4 is 5.32 Å². The summed E-state index contributed by atoms with van der Waals surface area (Å²) in [5.74, 6) is -0.302. The Morgan fingerprint density at radius 3 is 3.05 bits per heavy atom. The Kier molecular flexibility index (Phi) is 5.24. The van der Waals surface area contributed by atoms with E-state index in [1.54, 1.807) is 6.20 Å². The average molecular weight is 267 g/mol. The number of likely N-dealkylation sites (N-methyl/N-ethyl adjacent to an activating group) is 2. The Hall–Kier alpha value is -1.04. The van der Waals surface area contributed by atoms with Gasteiger partial charge in [-0.3, -0.25) is 9.88 Å². The van der Waals surface area contributed by atoms with Gasteiger partial charge in [-0.25, -0.2) is 4.39 Å². The summed E-state index contributed by atoms with van der Waals surface area (Å²) in [6.07, 6.45) is 2.98. The van der Waals surface area contributed by atoms with E-state index in [4.69, 9.17) is 4.74 Å². The molecule has 4 nitrogen and oxygen atoms in total. The highest BCUT2D eigenvalue weighted by Crippen LogP contribution is 2.22. The van der Waals surface area contributed by atoms with E-state index in [1.807, 2.05) is 6.92 Å². The Morgan fingerprint density at radius 2 is 2.37 bits per heavy atom. The fourth-order valence-corrected chi connectivity index (χ4v) is 2.50. The van der Waals surface area contributed by atoms with Crippen molar-refractivity contribution in [2.75, 3.05) is 32.8 Å². The minimum Gasteiger partial charge on any atom is -0.374 e. The van der Waals surface area contributed by atoms with Crippen LogP contribution in [0.3, 0.4) is 0 Å². The van der Waals surface area contributed by atoms with E-state index >= 15 is 0 Å². The number of hydrogen-bond donors (Lipinski definition) is 1. The van der Waals surface area contributed by atoms with E-state index in [9.17, 15) is 4.39 Å². The molecule has 106 valence electrons. The summed E-state index contributed by atoms with van der Waals surface area (Å²) in [6.45, 7) is 8.57. The van der Waals surface area contributed by atoms with Crippen molar-refractivity contribution in [2.45, 2.75) is 26.0 Å². The summed E-state index contributed by atoms with van der Waals surface area (Å²) in [4.78, 5) is 6.29. The second kappa shape index (κ2) is 6.93. The van der Waals surface area contributed by atoms with Crippen molar-refractivity contribution in [3.8, 4) is 0 Å². The maximum atomic E-state index is 13.3. The molecule has 1 aliphatic heterocycles. The number of aromatic nitrogens is 1. The van der Waals surface area contributed by atoms with Crippen molar-refractivity contribution in [3.63, 3.8) is 0 Å². The van der Waals surface area contributed by atoms with Crippen LogP contribution in [0.25, 0.3) is 0 Å². The first-order valence-corrected chi connectivity index (χ1v) is 6.92. The van der Waals surface area contributed by atoms with Crippen LogP contribution >= 0.6 is 0 Å². The molecule has 2 rings (SSSR count). The lowest BCUT2D eigenvalue weighted by molar-refractivity contribution is -0.0454. The van der Waals surface area contributed by atoms with Gasteiger partial charge in [0.2, 0.25) is 0 Å². The van der Waals surface area contributed by atoms with Crippen LogP contribution in [-0.4, -0.2) is 48.8 Å². The van der Waals surface area contributed by atoms with Crippen molar-refractivity contribution in [2.24, 2.45) is 0 Å². The van der Waals surface area contributed by atoms with Gasteiger partial charge in [0.1, 0.15) is 5.82 Å². The van der Waals surface area contributed by atoms with Gasteiger partial charge in [-0.2, -0.15) is 0 Å². The van der Waals surface area contributed by atoms with E-state index in [0.717, 1.165) is 38.3 Å². The highest BCUT2D eigenvalue weighted by atomic mass is 19.1. The number of hydrogen-bond acceptors (Lipinski definition) is 4. The Balaban J connectivity index is 2.15. The van der Waals surface area contributed by atoms with Gasteiger partial charge >= 0.3 is 0 Å². The molecule has 2 unspecified atom stereocenters. The Bertz CT molecular complexity index is 402. The fraction of sp³-hybridized carbons (Fsp3) is 0.643. The van der Waals surface area contributed by atoms with Gasteiger partial charge in [0.15, 0.2) is 0 Å². The molecular weight excluding hydrogens is 245 g/mol. The highest BCUT2D eigenvalue weighted by molar-refractivity contribution is 5.17. The summed E-state index contributed by atoms with van der Waals surface area (Å²) in [7, 11) is 0. The summed E-state index contributed by atoms with van der Waals surface area (Å²) in [5.41, 5.74) is 0.852. The molecule has 5 heteroatoms. The lowest BCUT2D eigenvalue weighted by Crippen LogP contribution is -2.48. The molecule has 1 saturated heterocycles. The van der Waals surface area contributed by atoms with Gasteiger partial charge < -0.3 is 10.1 Å². The molecule has 1 aliphatic rings. The predicted molar refractivity (Wildman–Crippen MR) is 72.5 cm³/mol. The maximum Gasteiger partial charge on any atom is 0.141 e. The second-order valence-corrected chi connectivity index (χ2v) is 4.77. The Morgan fingerprint density at radius 1 is 1.53 bits per heavy atom. The summed E-state index contributed by atoms with van der Waals surface area (Å²) < 4.78 is 19.2. The van der Waals surface area contributed by atoms with Crippen molar-refractivity contribution in [1.29, 1.82) is 0 Å². The third-order valence-electron chi connectivity index (χ3n) is 3.51. The van der Waals surface area contributed by atoms with Crippen LogP contribution in [0.15, 0.2) is 18.5 Å². The van der Waals surface area contributed by atoms with Gasteiger partial charge in [-0.05, 0) is 24.7 Å². The first kappa shape index (κ1) is 14.4. The molecule has 0 saturated carbocycles. The summed E-state index contributed by atoms with van der Waals surface area (Å²) in [6, 6.07) is 1.52. The lowest BCUT2D eigenvalue weighted by atomic mass is 10.0. The quantitative estimate of drug-likeness (QED) is 0.879. The number of ether oxygens (including phenoxy) is 1. The van der Waals surface area contributed by atoms with Gasteiger partial charge in [-0.15, -0.1) is 0 Å². The zero-order chi connectivity index (χ0) is 13.7. The molecule has 0 spiro atoms. The molecular formula is C14H22FN3O. The molecule has 1 aromatic rings. The standard InChI is InChI=1S/C14H22FN3O/c1-3-17-14(11-7-12(15)9-16-8-11)13-10-18(4-2)5-6-19-13/h7-9,13-14,17H,3-6,10H2,1-2H3. The molecule has 2 atom stereocenters. The van der Waals surface area contributed by atoms with Crippen LogP contribution in [0.5, 0.6) is 0 Å². The fourth-order valence-electron chi connectivity index (χ4n) is 2.50. The molecule has 0 bridgehead atoms. The molecule has 2 heterocycles.